The zero-order valence-corrected chi connectivity index (χ0v) is 21.3. The third-order valence-electron chi connectivity index (χ3n) is 6.25. The van der Waals surface area contributed by atoms with Gasteiger partial charge >= 0.3 is 0 Å². The molecule has 2 heterocycles. The second-order valence-electron chi connectivity index (χ2n) is 8.29. The summed E-state index contributed by atoms with van der Waals surface area (Å²) in [5.74, 6) is 0.864. The maximum absolute atomic E-state index is 5.51. The predicted octanol–water partition coefficient (Wildman–Crippen LogP) is 3.47. The Bertz CT molecular complexity index is 841. The molecule has 6 nitrogen and oxygen atoms in total. The fraction of sp³-hybridized carbons (Fsp3) is 0.480. The quantitative estimate of drug-likeness (QED) is 0.315. The molecule has 2 N–H and O–H groups in total. The lowest BCUT2D eigenvalue weighted by molar-refractivity contribution is 0.122. The van der Waals surface area contributed by atoms with Crippen LogP contribution in [0.25, 0.3) is 0 Å². The molecule has 2 aromatic rings. The smallest absolute Gasteiger partial charge is 0.191 e. The number of benzene rings is 2. The number of hydrogen-bond donors (Lipinski definition) is 2. The van der Waals surface area contributed by atoms with E-state index >= 15 is 0 Å². The van der Waals surface area contributed by atoms with Crippen LogP contribution in [0.1, 0.15) is 24.0 Å². The van der Waals surface area contributed by atoms with E-state index in [4.69, 9.17) is 4.74 Å². The van der Waals surface area contributed by atoms with Gasteiger partial charge in [0.15, 0.2) is 5.96 Å². The SMILES string of the molecule is CN=C(NCc1ccccc1N1CCOCC1)NCC1CCCN1Cc1ccccc1.I. The molecule has 0 radical (unpaired) electrons. The summed E-state index contributed by atoms with van der Waals surface area (Å²) in [7, 11) is 1.85. The van der Waals surface area contributed by atoms with Gasteiger partial charge in [-0.05, 0) is 36.6 Å². The summed E-state index contributed by atoms with van der Waals surface area (Å²) >= 11 is 0. The Hall–Kier alpha value is -1.84. The molecule has 0 aromatic heterocycles. The molecular weight excluding hydrogens is 513 g/mol. The summed E-state index contributed by atoms with van der Waals surface area (Å²) in [5.41, 5.74) is 3.97. The van der Waals surface area contributed by atoms with E-state index in [0.717, 1.165) is 51.9 Å². The van der Waals surface area contributed by atoms with Crippen molar-refractivity contribution in [3.8, 4) is 0 Å². The molecule has 2 fully saturated rings. The number of morpholine rings is 1. The Morgan fingerprint density at radius 3 is 2.53 bits per heavy atom. The first kappa shape index (κ1) is 24.8. The van der Waals surface area contributed by atoms with Gasteiger partial charge in [0.25, 0.3) is 0 Å². The number of rotatable bonds is 7. The number of hydrogen-bond acceptors (Lipinski definition) is 4. The number of nitrogens with one attached hydrogen (secondary N) is 2. The topological polar surface area (TPSA) is 52.1 Å². The predicted molar refractivity (Wildman–Crippen MR) is 143 cm³/mol. The molecule has 1 unspecified atom stereocenters. The van der Waals surface area contributed by atoms with Crippen LogP contribution in [0, 0.1) is 0 Å². The minimum atomic E-state index is 0. The zero-order chi connectivity index (χ0) is 21.3. The Morgan fingerprint density at radius 2 is 1.75 bits per heavy atom. The zero-order valence-electron chi connectivity index (χ0n) is 19.0. The summed E-state index contributed by atoms with van der Waals surface area (Å²) in [5, 5.41) is 7.08. The average Bonchev–Trinajstić information content (AvgIpc) is 3.27. The van der Waals surface area contributed by atoms with Gasteiger partial charge in [-0.1, -0.05) is 48.5 Å². The van der Waals surface area contributed by atoms with E-state index in [1.807, 2.05) is 7.05 Å². The highest BCUT2D eigenvalue weighted by molar-refractivity contribution is 14.0. The number of nitrogens with zero attached hydrogens (tertiary/aromatic N) is 3. The maximum atomic E-state index is 5.51. The third-order valence-corrected chi connectivity index (χ3v) is 6.25. The third kappa shape index (κ3) is 6.83. The lowest BCUT2D eigenvalue weighted by Crippen LogP contribution is -2.44. The first-order chi connectivity index (χ1) is 15.3. The van der Waals surface area contributed by atoms with Gasteiger partial charge in [0.2, 0.25) is 0 Å². The van der Waals surface area contributed by atoms with E-state index in [-0.39, 0.29) is 24.0 Å². The first-order valence-corrected chi connectivity index (χ1v) is 11.5. The second kappa shape index (κ2) is 13.0. The number of halogens is 1. The molecule has 2 aliphatic heterocycles. The van der Waals surface area contributed by atoms with Crippen molar-refractivity contribution in [3.63, 3.8) is 0 Å². The highest BCUT2D eigenvalue weighted by Crippen LogP contribution is 2.22. The molecule has 32 heavy (non-hydrogen) atoms. The molecule has 7 heteroatoms. The monoisotopic (exact) mass is 549 g/mol. The first-order valence-electron chi connectivity index (χ1n) is 11.5. The molecule has 0 saturated carbocycles. The second-order valence-corrected chi connectivity index (χ2v) is 8.29. The van der Waals surface area contributed by atoms with Crippen molar-refractivity contribution in [2.24, 2.45) is 4.99 Å². The minimum Gasteiger partial charge on any atom is -0.378 e. The molecule has 174 valence electrons. The van der Waals surface area contributed by atoms with Crippen LogP contribution in [0.3, 0.4) is 0 Å². The van der Waals surface area contributed by atoms with Crippen LogP contribution >= 0.6 is 24.0 Å². The van der Waals surface area contributed by atoms with Crippen molar-refractivity contribution in [1.29, 1.82) is 0 Å². The van der Waals surface area contributed by atoms with Crippen molar-refractivity contribution >= 4 is 35.6 Å². The lowest BCUT2D eigenvalue weighted by Gasteiger charge is -2.31. The Labute approximate surface area is 209 Å². The Balaban J connectivity index is 0.00000289. The maximum Gasteiger partial charge on any atom is 0.191 e. The molecule has 0 aliphatic carbocycles. The molecule has 4 rings (SSSR count). The van der Waals surface area contributed by atoms with Crippen LogP contribution < -0.4 is 15.5 Å². The van der Waals surface area contributed by atoms with Gasteiger partial charge < -0.3 is 20.3 Å². The molecular formula is C25H36IN5O. The highest BCUT2D eigenvalue weighted by atomic mass is 127. The average molecular weight is 550 g/mol. The summed E-state index contributed by atoms with van der Waals surface area (Å²) in [6.45, 7) is 7.35. The summed E-state index contributed by atoms with van der Waals surface area (Å²) in [6.07, 6.45) is 2.49. The number of para-hydroxylation sites is 1. The summed E-state index contributed by atoms with van der Waals surface area (Å²) in [4.78, 5) is 9.46. The van der Waals surface area contributed by atoms with Gasteiger partial charge in [0.1, 0.15) is 0 Å². The van der Waals surface area contributed by atoms with Crippen molar-refractivity contribution in [1.82, 2.24) is 15.5 Å². The Kier molecular flexibility index (Phi) is 10.1. The van der Waals surface area contributed by atoms with Crippen molar-refractivity contribution in [2.45, 2.75) is 32.0 Å². The molecule has 2 aromatic carbocycles. The minimum absolute atomic E-state index is 0. The molecule has 2 aliphatic rings. The molecule has 0 amide bonds. The Morgan fingerprint density at radius 1 is 1.00 bits per heavy atom. The molecule has 0 bridgehead atoms. The number of likely N-dealkylation sites (tertiary alicyclic amines) is 1. The molecule has 1 atom stereocenters. The van der Waals surface area contributed by atoms with Gasteiger partial charge in [-0.3, -0.25) is 9.89 Å². The number of aliphatic imine (C=N–C) groups is 1. The van der Waals surface area contributed by atoms with E-state index in [9.17, 15) is 0 Å². The van der Waals surface area contributed by atoms with Gasteiger partial charge in [0, 0.05) is 51.5 Å². The van der Waals surface area contributed by atoms with E-state index < -0.39 is 0 Å². The summed E-state index contributed by atoms with van der Waals surface area (Å²) < 4.78 is 5.51. The van der Waals surface area contributed by atoms with Gasteiger partial charge in [-0.25, -0.2) is 0 Å². The number of ether oxygens (including phenoxy) is 1. The van der Waals surface area contributed by atoms with Crippen molar-refractivity contribution < 1.29 is 4.74 Å². The van der Waals surface area contributed by atoms with E-state index in [2.05, 4.69) is 80.0 Å². The molecule has 0 spiro atoms. The highest BCUT2D eigenvalue weighted by Gasteiger charge is 2.24. The van der Waals surface area contributed by atoms with E-state index in [0.29, 0.717) is 6.04 Å². The van der Waals surface area contributed by atoms with E-state index in [1.165, 1.54) is 36.2 Å². The van der Waals surface area contributed by atoms with Gasteiger partial charge in [-0.15, -0.1) is 24.0 Å². The van der Waals surface area contributed by atoms with Gasteiger partial charge in [0.05, 0.1) is 13.2 Å². The van der Waals surface area contributed by atoms with Crippen molar-refractivity contribution in [2.75, 3.05) is 51.3 Å². The lowest BCUT2D eigenvalue weighted by atomic mass is 10.1. The molecule has 2 saturated heterocycles. The van der Waals surface area contributed by atoms with Crippen LogP contribution in [-0.4, -0.2) is 63.3 Å². The standard InChI is InChI=1S/C25H35N5O.HI/c1-26-25(27-18-22-10-5-6-12-24(22)29-14-16-31-17-15-29)28-19-23-11-7-13-30(23)20-21-8-3-2-4-9-21;/h2-6,8-10,12,23H,7,11,13-20H2,1H3,(H2,26,27,28);1H. The normalized spacial score (nSPS) is 19.5. The van der Waals surface area contributed by atoms with Gasteiger partial charge in [-0.2, -0.15) is 0 Å². The van der Waals surface area contributed by atoms with Crippen LogP contribution in [0.4, 0.5) is 5.69 Å². The van der Waals surface area contributed by atoms with Crippen LogP contribution in [-0.2, 0) is 17.8 Å². The van der Waals surface area contributed by atoms with Crippen LogP contribution in [0.2, 0.25) is 0 Å². The fourth-order valence-corrected chi connectivity index (χ4v) is 4.54. The van der Waals surface area contributed by atoms with Crippen LogP contribution in [0.5, 0.6) is 0 Å². The van der Waals surface area contributed by atoms with E-state index in [1.54, 1.807) is 0 Å². The number of anilines is 1. The van der Waals surface area contributed by atoms with Crippen LogP contribution in [0.15, 0.2) is 59.6 Å². The van der Waals surface area contributed by atoms with Crippen molar-refractivity contribution in [3.05, 3.63) is 65.7 Å². The largest absolute Gasteiger partial charge is 0.378 e. The number of guanidine groups is 1. The summed E-state index contributed by atoms with van der Waals surface area (Å²) in [6, 6.07) is 19.9. The fourth-order valence-electron chi connectivity index (χ4n) is 4.54.